The summed E-state index contributed by atoms with van der Waals surface area (Å²) in [5, 5.41) is 2.63. The summed E-state index contributed by atoms with van der Waals surface area (Å²) in [5.74, 6) is -1.63. The number of carbonyl (C=O) groups excluding carboxylic acids is 4. The van der Waals surface area contributed by atoms with Crippen LogP contribution in [0.25, 0.3) is 0 Å². The van der Waals surface area contributed by atoms with Crippen LogP contribution in [0.1, 0.15) is 45.0 Å². The second-order valence-corrected chi connectivity index (χ2v) is 7.79. The first-order chi connectivity index (χ1) is 16.2. The van der Waals surface area contributed by atoms with Gasteiger partial charge in [-0.15, -0.1) is 11.3 Å². The number of ether oxygens (including phenoxy) is 5. The van der Waals surface area contributed by atoms with E-state index in [0.29, 0.717) is 22.6 Å². The molecule has 0 aliphatic heterocycles. The molecule has 2 rings (SSSR count). The van der Waals surface area contributed by atoms with Crippen molar-refractivity contribution in [3.63, 3.8) is 0 Å². The van der Waals surface area contributed by atoms with Crippen molar-refractivity contribution in [1.82, 2.24) is 0 Å². The Morgan fingerprint density at radius 1 is 0.941 bits per heavy atom. The maximum Gasteiger partial charge on any atom is 0.348 e. The van der Waals surface area contributed by atoms with E-state index >= 15 is 0 Å². The number of benzene rings is 1. The van der Waals surface area contributed by atoms with Crippen LogP contribution in [0.3, 0.4) is 0 Å². The van der Waals surface area contributed by atoms with E-state index in [2.05, 4.69) is 5.32 Å². The van der Waals surface area contributed by atoms with Gasteiger partial charge in [0.1, 0.15) is 21.4 Å². The van der Waals surface area contributed by atoms with Gasteiger partial charge >= 0.3 is 17.9 Å². The molecule has 0 fully saturated rings. The first kappa shape index (κ1) is 26.7. The summed E-state index contributed by atoms with van der Waals surface area (Å²) in [4.78, 5) is 49.5. The Morgan fingerprint density at radius 3 is 2.24 bits per heavy atom. The van der Waals surface area contributed by atoms with E-state index in [1.165, 1.54) is 14.2 Å². The number of anilines is 1. The van der Waals surface area contributed by atoms with Gasteiger partial charge in [0, 0.05) is 11.6 Å². The van der Waals surface area contributed by atoms with Crippen molar-refractivity contribution in [2.75, 3.05) is 39.4 Å². The van der Waals surface area contributed by atoms with Gasteiger partial charge in [0.05, 0.1) is 39.4 Å². The highest BCUT2D eigenvalue weighted by Gasteiger charge is 2.27. The average Bonchev–Trinajstić information content (AvgIpc) is 3.13. The zero-order valence-electron chi connectivity index (χ0n) is 19.6. The topological polar surface area (TPSA) is 126 Å². The van der Waals surface area contributed by atoms with Crippen LogP contribution in [-0.4, -0.2) is 57.9 Å². The van der Waals surface area contributed by atoms with Gasteiger partial charge in [0.15, 0.2) is 6.61 Å². The minimum absolute atomic E-state index is 0.0533. The maximum atomic E-state index is 12.4. The third-order valence-electron chi connectivity index (χ3n) is 4.53. The molecular formula is C23H27NO9S. The number of esters is 3. The number of amides is 1. The molecule has 0 spiro atoms. The largest absolute Gasteiger partial charge is 0.497 e. The monoisotopic (exact) mass is 493 g/mol. The minimum atomic E-state index is -0.689. The van der Waals surface area contributed by atoms with E-state index < -0.39 is 30.4 Å². The summed E-state index contributed by atoms with van der Waals surface area (Å²) < 4.78 is 25.5. The third kappa shape index (κ3) is 6.70. The molecule has 2 aromatic rings. The molecular weight excluding hydrogens is 466 g/mol. The zero-order valence-corrected chi connectivity index (χ0v) is 20.5. The van der Waals surface area contributed by atoms with Crippen LogP contribution in [0, 0.1) is 6.92 Å². The molecule has 11 heteroatoms. The molecule has 184 valence electrons. The molecule has 1 aromatic heterocycles. The third-order valence-corrected chi connectivity index (χ3v) is 5.72. The van der Waals surface area contributed by atoms with Gasteiger partial charge < -0.3 is 29.0 Å². The van der Waals surface area contributed by atoms with E-state index in [1.807, 2.05) is 0 Å². The van der Waals surface area contributed by atoms with E-state index in [-0.39, 0.29) is 35.1 Å². The van der Waals surface area contributed by atoms with Crippen molar-refractivity contribution in [2.24, 2.45) is 0 Å². The molecule has 0 aliphatic rings. The molecule has 10 nitrogen and oxygen atoms in total. The Balaban J connectivity index is 2.09. The Labute approximate surface area is 201 Å². The summed E-state index contributed by atoms with van der Waals surface area (Å²) in [6.07, 6.45) is -0.125. The zero-order chi connectivity index (χ0) is 25.3. The fourth-order valence-corrected chi connectivity index (χ4v) is 4.06. The van der Waals surface area contributed by atoms with Crippen molar-refractivity contribution in [3.8, 4) is 11.5 Å². The first-order valence-electron chi connectivity index (χ1n) is 10.4. The summed E-state index contributed by atoms with van der Waals surface area (Å²) in [6.45, 7) is 4.54. The van der Waals surface area contributed by atoms with Crippen LogP contribution in [0.15, 0.2) is 18.2 Å². The van der Waals surface area contributed by atoms with Crippen LogP contribution in [-0.2, 0) is 30.2 Å². The standard InChI is InChI=1S/C23H27NO9S/c1-6-31-22(27)19-13(3)20(23(28)32-7-2)34-21(19)24-17(25)12-33-18(26)10-14-8-9-15(29-4)11-16(14)30-5/h8-9,11H,6-7,10,12H2,1-5H3,(H,24,25). The van der Waals surface area contributed by atoms with Crippen LogP contribution < -0.4 is 14.8 Å². The van der Waals surface area contributed by atoms with Gasteiger partial charge in [-0.1, -0.05) is 6.07 Å². The van der Waals surface area contributed by atoms with E-state index in [1.54, 1.807) is 39.0 Å². The lowest BCUT2D eigenvalue weighted by Gasteiger charge is -2.10. The van der Waals surface area contributed by atoms with Gasteiger partial charge in [-0.05, 0) is 32.4 Å². The van der Waals surface area contributed by atoms with Crippen LogP contribution in [0.2, 0.25) is 0 Å². The van der Waals surface area contributed by atoms with Gasteiger partial charge in [0.25, 0.3) is 5.91 Å². The molecule has 0 bridgehead atoms. The molecule has 0 unspecified atom stereocenters. The number of rotatable bonds is 11. The van der Waals surface area contributed by atoms with Gasteiger partial charge in [-0.3, -0.25) is 9.59 Å². The quantitative estimate of drug-likeness (QED) is 0.371. The van der Waals surface area contributed by atoms with Crippen molar-refractivity contribution in [1.29, 1.82) is 0 Å². The lowest BCUT2D eigenvalue weighted by molar-refractivity contribution is -0.146. The fraction of sp³-hybridized carbons (Fsp3) is 0.391. The molecule has 1 amide bonds. The first-order valence-corrected chi connectivity index (χ1v) is 11.2. The Kier molecular flexibility index (Phi) is 9.87. The average molecular weight is 494 g/mol. The fourth-order valence-electron chi connectivity index (χ4n) is 2.96. The van der Waals surface area contributed by atoms with Gasteiger partial charge in [-0.25, -0.2) is 9.59 Å². The van der Waals surface area contributed by atoms with Gasteiger partial charge in [-0.2, -0.15) is 0 Å². The number of carbonyl (C=O) groups is 4. The molecule has 0 saturated heterocycles. The summed E-state index contributed by atoms with van der Waals surface area (Å²) >= 11 is 0.886. The number of hydrogen-bond acceptors (Lipinski definition) is 10. The summed E-state index contributed by atoms with van der Waals surface area (Å²) in [5.41, 5.74) is 0.949. The van der Waals surface area contributed by atoms with Gasteiger partial charge in [0.2, 0.25) is 0 Å². The molecule has 0 aliphatic carbocycles. The molecule has 1 N–H and O–H groups in total. The molecule has 1 aromatic carbocycles. The van der Waals surface area contributed by atoms with Crippen LogP contribution >= 0.6 is 11.3 Å². The second kappa shape index (κ2) is 12.6. The number of methoxy groups -OCH3 is 2. The van der Waals surface area contributed by atoms with Crippen molar-refractivity contribution < 1.29 is 42.9 Å². The second-order valence-electron chi connectivity index (χ2n) is 6.76. The molecule has 1 heterocycles. The van der Waals surface area contributed by atoms with Crippen molar-refractivity contribution in [3.05, 3.63) is 39.8 Å². The van der Waals surface area contributed by atoms with Crippen LogP contribution in [0.4, 0.5) is 5.00 Å². The van der Waals surface area contributed by atoms with E-state index in [4.69, 9.17) is 23.7 Å². The Hall–Kier alpha value is -3.60. The van der Waals surface area contributed by atoms with Crippen molar-refractivity contribution >= 4 is 40.2 Å². The number of nitrogens with one attached hydrogen (secondary N) is 1. The lowest BCUT2D eigenvalue weighted by atomic mass is 10.1. The Bertz CT molecular complexity index is 1060. The predicted molar refractivity (Wildman–Crippen MR) is 124 cm³/mol. The Morgan fingerprint density at radius 2 is 1.62 bits per heavy atom. The number of hydrogen-bond donors (Lipinski definition) is 1. The SMILES string of the molecule is CCOC(=O)c1sc(NC(=O)COC(=O)Cc2ccc(OC)cc2OC)c(C(=O)OCC)c1C. The normalized spacial score (nSPS) is 10.3. The smallest absolute Gasteiger partial charge is 0.348 e. The number of thiophene rings is 1. The summed E-state index contributed by atoms with van der Waals surface area (Å²) in [6, 6.07) is 4.97. The maximum absolute atomic E-state index is 12.4. The summed E-state index contributed by atoms with van der Waals surface area (Å²) in [7, 11) is 2.98. The van der Waals surface area contributed by atoms with Crippen LogP contribution in [0.5, 0.6) is 11.5 Å². The molecule has 0 saturated carbocycles. The molecule has 34 heavy (non-hydrogen) atoms. The molecule has 0 atom stereocenters. The lowest BCUT2D eigenvalue weighted by Crippen LogP contribution is -2.22. The van der Waals surface area contributed by atoms with E-state index in [9.17, 15) is 19.2 Å². The minimum Gasteiger partial charge on any atom is -0.497 e. The predicted octanol–water partition coefficient (Wildman–Crippen LogP) is 3.15. The molecule has 0 radical (unpaired) electrons. The van der Waals surface area contributed by atoms with Crippen molar-refractivity contribution in [2.45, 2.75) is 27.2 Å². The highest BCUT2D eigenvalue weighted by molar-refractivity contribution is 7.18. The highest BCUT2D eigenvalue weighted by Crippen LogP contribution is 2.34. The van der Waals surface area contributed by atoms with E-state index in [0.717, 1.165) is 11.3 Å². The highest BCUT2D eigenvalue weighted by atomic mass is 32.1.